The standard InChI is InChI=1S/C28H28N4O3S3/c1-4-25(38-21-12-8-11-20(16-21)30-27(36)29-19-9-6-5-7-10-19)26(33)32-28-31-22(17-37-28)18-13-14-23(34-2)24(15-18)35-3/h5-17,25H,4H2,1-3H3,(H2,29,30,36)(H,31,32,33). The van der Waals surface area contributed by atoms with Gasteiger partial charge in [-0.15, -0.1) is 23.1 Å². The lowest BCUT2D eigenvalue weighted by Gasteiger charge is -2.15. The maximum Gasteiger partial charge on any atom is 0.239 e. The number of aromatic nitrogens is 1. The van der Waals surface area contributed by atoms with Gasteiger partial charge >= 0.3 is 0 Å². The molecule has 3 N–H and O–H groups in total. The van der Waals surface area contributed by atoms with Gasteiger partial charge in [-0.25, -0.2) is 4.98 Å². The van der Waals surface area contributed by atoms with Gasteiger partial charge in [0, 0.05) is 27.2 Å². The number of methoxy groups -OCH3 is 2. The van der Waals surface area contributed by atoms with Crippen molar-refractivity contribution in [2.24, 2.45) is 0 Å². The molecule has 0 saturated carbocycles. The first-order chi connectivity index (χ1) is 18.5. The molecule has 196 valence electrons. The van der Waals surface area contributed by atoms with Crippen LogP contribution in [-0.2, 0) is 4.79 Å². The predicted octanol–water partition coefficient (Wildman–Crippen LogP) is 7.15. The van der Waals surface area contributed by atoms with Crippen molar-refractivity contribution in [3.05, 3.63) is 78.2 Å². The van der Waals surface area contributed by atoms with Crippen LogP contribution >= 0.6 is 35.3 Å². The van der Waals surface area contributed by atoms with E-state index in [1.807, 2.05) is 85.1 Å². The number of thioether (sulfide) groups is 1. The number of nitrogens with one attached hydrogen (secondary N) is 3. The third kappa shape index (κ3) is 7.25. The summed E-state index contributed by atoms with van der Waals surface area (Å²) in [6, 6.07) is 23.2. The summed E-state index contributed by atoms with van der Waals surface area (Å²) >= 11 is 8.33. The Morgan fingerprint density at radius 2 is 1.68 bits per heavy atom. The molecule has 4 rings (SSSR count). The van der Waals surface area contributed by atoms with Crippen molar-refractivity contribution in [3.8, 4) is 22.8 Å². The van der Waals surface area contributed by atoms with Crippen LogP contribution in [0.15, 0.2) is 83.1 Å². The summed E-state index contributed by atoms with van der Waals surface area (Å²) in [6.45, 7) is 2.00. The Labute approximate surface area is 236 Å². The van der Waals surface area contributed by atoms with Crippen LogP contribution in [0.5, 0.6) is 11.5 Å². The summed E-state index contributed by atoms with van der Waals surface area (Å²) in [5.74, 6) is 1.18. The molecule has 7 nitrogen and oxygen atoms in total. The Hall–Kier alpha value is -3.60. The smallest absolute Gasteiger partial charge is 0.239 e. The van der Waals surface area contributed by atoms with Gasteiger partial charge in [-0.1, -0.05) is 31.2 Å². The summed E-state index contributed by atoms with van der Waals surface area (Å²) < 4.78 is 10.7. The Balaban J connectivity index is 1.37. The van der Waals surface area contributed by atoms with Crippen molar-refractivity contribution in [2.75, 3.05) is 30.2 Å². The first-order valence-corrected chi connectivity index (χ1v) is 14.0. The maximum absolute atomic E-state index is 13.1. The molecule has 3 aromatic carbocycles. The number of hydrogen-bond donors (Lipinski definition) is 3. The first-order valence-electron chi connectivity index (χ1n) is 11.9. The zero-order valence-electron chi connectivity index (χ0n) is 21.2. The third-order valence-electron chi connectivity index (χ3n) is 5.48. The molecule has 4 aromatic rings. The minimum absolute atomic E-state index is 0.0923. The number of benzene rings is 3. The van der Waals surface area contributed by atoms with Crippen LogP contribution in [0, 0.1) is 0 Å². The molecular formula is C28H28N4O3S3. The minimum Gasteiger partial charge on any atom is -0.493 e. The van der Waals surface area contributed by atoms with E-state index in [0.717, 1.165) is 27.5 Å². The maximum atomic E-state index is 13.1. The van der Waals surface area contributed by atoms with Crippen molar-refractivity contribution in [2.45, 2.75) is 23.5 Å². The molecule has 0 radical (unpaired) electrons. The van der Waals surface area contributed by atoms with Gasteiger partial charge in [0.15, 0.2) is 21.7 Å². The molecule has 1 unspecified atom stereocenters. The molecule has 0 aliphatic rings. The second-order valence-corrected chi connectivity index (χ2v) is 10.6. The first kappa shape index (κ1) is 27.4. The number of thiocarbonyl (C=S) groups is 1. The fourth-order valence-electron chi connectivity index (χ4n) is 3.59. The van der Waals surface area contributed by atoms with E-state index in [0.29, 0.717) is 28.2 Å². The number of nitrogens with zero attached hydrogens (tertiary/aromatic N) is 1. The highest BCUT2D eigenvalue weighted by atomic mass is 32.2. The number of amides is 1. The number of anilines is 3. The van der Waals surface area contributed by atoms with Crippen LogP contribution in [0.4, 0.5) is 16.5 Å². The quantitative estimate of drug-likeness (QED) is 0.138. The normalized spacial score (nSPS) is 11.3. The van der Waals surface area contributed by atoms with Gasteiger partial charge in [0.05, 0.1) is 25.2 Å². The van der Waals surface area contributed by atoms with Crippen LogP contribution in [0.1, 0.15) is 13.3 Å². The summed E-state index contributed by atoms with van der Waals surface area (Å²) in [6.07, 6.45) is 0.663. The zero-order chi connectivity index (χ0) is 26.9. The van der Waals surface area contributed by atoms with Gasteiger partial charge in [-0.2, -0.15) is 0 Å². The number of ether oxygens (including phenoxy) is 2. The highest BCUT2D eigenvalue weighted by Gasteiger charge is 2.20. The number of para-hydroxylation sites is 1. The van der Waals surface area contributed by atoms with Crippen LogP contribution in [0.2, 0.25) is 0 Å². The van der Waals surface area contributed by atoms with E-state index in [1.165, 1.54) is 23.1 Å². The molecule has 0 fully saturated rings. The molecule has 0 bridgehead atoms. The van der Waals surface area contributed by atoms with Crippen molar-refractivity contribution >= 4 is 62.8 Å². The molecule has 0 saturated heterocycles. The predicted molar refractivity (Wildman–Crippen MR) is 162 cm³/mol. The minimum atomic E-state index is -0.284. The topological polar surface area (TPSA) is 84.5 Å². The Morgan fingerprint density at radius 1 is 0.947 bits per heavy atom. The average molecular weight is 565 g/mol. The molecule has 1 heterocycles. The highest BCUT2D eigenvalue weighted by Crippen LogP contribution is 2.34. The monoisotopic (exact) mass is 564 g/mol. The Bertz CT molecular complexity index is 1400. The van der Waals surface area contributed by atoms with Gasteiger partial charge in [0.1, 0.15) is 0 Å². The fraction of sp³-hybridized carbons (Fsp3) is 0.179. The summed E-state index contributed by atoms with van der Waals surface area (Å²) in [4.78, 5) is 18.7. The Morgan fingerprint density at radius 3 is 2.42 bits per heavy atom. The molecule has 38 heavy (non-hydrogen) atoms. The van der Waals surface area contributed by atoms with Crippen molar-refractivity contribution in [1.29, 1.82) is 0 Å². The molecule has 0 aliphatic carbocycles. The van der Waals surface area contributed by atoms with Crippen molar-refractivity contribution < 1.29 is 14.3 Å². The molecule has 0 aliphatic heterocycles. The van der Waals surface area contributed by atoms with Gasteiger partial charge < -0.3 is 25.4 Å². The third-order valence-corrected chi connectivity index (χ3v) is 7.80. The molecule has 10 heteroatoms. The molecule has 0 spiro atoms. The fourth-order valence-corrected chi connectivity index (χ4v) is 5.57. The molecular weight excluding hydrogens is 537 g/mol. The van der Waals surface area contributed by atoms with Gasteiger partial charge in [-0.05, 0) is 67.2 Å². The summed E-state index contributed by atoms with van der Waals surface area (Å²) in [5.41, 5.74) is 3.39. The molecule has 1 amide bonds. The SMILES string of the molecule is CCC(Sc1cccc(NC(=S)Nc2ccccc2)c1)C(=O)Nc1nc(-c2ccc(OC)c(OC)c2)cs1. The van der Waals surface area contributed by atoms with Crippen LogP contribution < -0.4 is 25.4 Å². The Kier molecular flexibility index (Phi) is 9.58. The van der Waals surface area contributed by atoms with E-state index in [9.17, 15) is 4.79 Å². The number of rotatable bonds is 10. The van der Waals surface area contributed by atoms with E-state index in [1.54, 1.807) is 14.2 Å². The van der Waals surface area contributed by atoms with Crippen LogP contribution in [-0.4, -0.2) is 35.5 Å². The number of thiazole rings is 1. The second kappa shape index (κ2) is 13.3. The summed E-state index contributed by atoms with van der Waals surface area (Å²) in [5, 5.41) is 12.0. The van der Waals surface area contributed by atoms with Gasteiger partial charge in [-0.3, -0.25) is 4.79 Å². The lowest BCUT2D eigenvalue weighted by Crippen LogP contribution is -2.24. The highest BCUT2D eigenvalue weighted by molar-refractivity contribution is 8.00. The van der Waals surface area contributed by atoms with Crippen LogP contribution in [0.25, 0.3) is 11.3 Å². The second-order valence-electron chi connectivity index (χ2n) is 8.08. The van der Waals surface area contributed by atoms with Gasteiger partial charge in [0.2, 0.25) is 5.91 Å². The van der Waals surface area contributed by atoms with E-state index in [4.69, 9.17) is 21.7 Å². The van der Waals surface area contributed by atoms with Crippen molar-refractivity contribution in [3.63, 3.8) is 0 Å². The summed E-state index contributed by atoms with van der Waals surface area (Å²) in [7, 11) is 3.19. The lowest BCUT2D eigenvalue weighted by molar-refractivity contribution is -0.115. The number of carbonyl (C=O) groups excluding carboxylic acids is 1. The van der Waals surface area contributed by atoms with E-state index in [2.05, 4.69) is 20.9 Å². The van der Waals surface area contributed by atoms with E-state index >= 15 is 0 Å². The number of carbonyl (C=O) groups is 1. The van der Waals surface area contributed by atoms with Crippen molar-refractivity contribution in [1.82, 2.24) is 4.98 Å². The van der Waals surface area contributed by atoms with Crippen LogP contribution in [0.3, 0.4) is 0 Å². The number of hydrogen-bond acceptors (Lipinski definition) is 7. The zero-order valence-corrected chi connectivity index (χ0v) is 23.6. The molecule has 1 atom stereocenters. The van der Waals surface area contributed by atoms with E-state index in [-0.39, 0.29) is 11.2 Å². The molecule has 1 aromatic heterocycles. The largest absolute Gasteiger partial charge is 0.493 e. The lowest BCUT2D eigenvalue weighted by atomic mass is 10.1. The average Bonchev–Trinajstić information content (AvgIpc) is 3.40. The van der Waals surface area contributed by atoms with E-state index < -0.39 is 0 Å². The van der Waals surface area contributed by atoms with Gasteiger partial charge in [0.25, 0.3) is 0 Å².